The van der Waals surface area contributed by atoms with Gasteiger partial charge in [-0.25, -0.2) is 9.67 Å². The van der Waals surface area contributed by atoms with Crippen LogP contribution in [-0.4, -0.2) is 26.3 Å². The molecule has 2 rings (SSSR count). The monoisotopic (exact) mass is 281 g/mol. The van der Waals surface area contributed by atoms with Gasteiger partial charge < -0.3 is 5.32 Å². The Morgan fingerprint density at radius 1 is 1.44 bits per heavy atom. The van der Waals surface area contributed by atoms with E-state index < -0.39 is 0 Å². The summed E-state index contributed by atoms with van der Waals surface area (Å²) in [7, 11) is 0. The molecule has 0 saturated heterocycles. The molecule has 0 atom stereocenters. The molecule has 2 heterocycles. The summed E-state index contributed by atoms with van der Waals surface area (Å²) in [4.78, 5) is 8.59. The van der Waals surface area contributed by atoms with Crippen LogP contribution in [0, 0.1) is 6.92 Å². The molecule has 0 unspecified atom stereocenters. The number of nitrogens with one attached hydrogen (secondary N) is 1. The number of aromatic nitrogens is 4. The molecule has 0 aliphatic rings. The van der Waals surface area contributed by atoms with Crippen molar-refractivity contribution < 1.29 is 0 Å². The number of aryl methyl sites for hydroxylation is 1. The molecule has 0 fully saturated rings. The van der Waals surface area contributed by atoms with Crippen LogP contribution in [0.5, 0.6) is 0 Å². The van der Waals surface area contributed by atoms with Gasteiger partial charge in [-0.3, -0.25) is 0 Å². The molecule has 16 heavy (non-hydrogen) atoms. The fourth-order valence-electron chi connectivity index (χ4n) is 1.32. The van der Waals surface area contributed by atoms with E-state index in [9.17, 15) is 0 Å². The minimum absolute atomic E-state index is 0.620. The maximum absolute atomic E-state index is 4.40. The summed E-state index contributed by atoms with van der Waals surface area (Å²) in [5, 5.41) is 7.28. The summed E-state index contributed by atoms with van der Waals surface area (Å²) in [6, 6.07) is 0. The van der Waals surface area contributed by atoms with Gasteiger partial charge in [-0.15, -0.1) is 0 Å². The smallest absolute Gasteiger partial charge is 0.224 e. The standard InChI is InChI=1S/C10H12BrN5/c1-3-12-10-13-4-7(2)9(15-10)16-6-8(11)5-14-16/h4-6H,3H2,1-2H3,(H,12,13,15). The van der Waals surface area contributed by atoms with Crippen LogP contribution in [0.25, 0.3) is 5.82 Å². The fourth-order valence-corrected chi connectivity index (χ4v) is 1.61. The van der Waals surface area contributed by atoms with Gasteiger partial charge in [0, 0.05) is 24.5 Å². The first-order chi connectivity index (χ1) is 7.70. The molecule has 0 saturated carbocycles. The average Bonchev–Trinajstić information content (AvgIpc) is 2.68. The van der Waals surface area contributed by atoms with Gasteiger partial charge in [0.1, 0.15) is 0 Å². The van der Waals surface area contributed by atoms with Crippen molar-refractivity contribution in [2.24, 2.45) is 0 Å². The highest BCUT2D eigenvalue weighted by Crippen LogP contribution is 2.14. The first-order valence-electron chi connectivity index (χ1n) is 4.98. The van der Waals surface area contributed by atoms with Crippen LogP contribution in [0.4, 0.5) is 5.95 Å². The second-order valence-corrected chi connectivity index (χ2v) is 4.25. The van der Waals surface area contributed by atoms with Gasteiger partial charge in [0.25, 0.3) is 0 Å². The van der Waals surface area contributed by atoms with Gasteiger partial charge in [-0.1, -0.05) is 0 Å². The predicted molar refractivity (Wildman–Crippen MR) is 65.8 cm³/mol. The Hall–Kier alpha value is -1.43. The normalized spacial score (nSPS) is 10.4. The van der Waals surface area contributed by atoms with Gasteiger partial charge in [-0.05, 0) is 29.8 Å². The zero-order chi connectivity index (χ0) is 11.5. The molecule has 0 aliphatic heterocycles. The van der Waals surface area contributed by atoms with Gasteiger partial charge in [0.15, 0.2) is 5.82 Å². The van der Waals surface area contributed by atoms with Crippen LogP contribution in [0.1, 0.15) is 12.5 Å². The zero-order valence-electron chi connectivity index (χ0n) is 9.11. The number of rotatable bonds is 3. The second kappa shape index (κ2) is 4.61. The quantitative estimate of drug-likeness (QED) is 0.937. The molecule has 0 aliphatic carbocycles. The van der Waals surface area contributed by atoms with Crippen molar-refractivity contribution in [2.75, 3.05) is 11.9 Å². The lowest BCUT2D eigenvalue weighted by molar-refractivity contribution is 0.829. The van der Waals surface area contributed by atoms with E-state index in [1.165, 1.54) is 0 Å². The van der Waals surface area contributed by atoms with E-state index >= 15 is 0 Å². The van der Waals surface area contributed by atoms with Crippen LogP contribution >= 0.6 is 15.9 Å². The molecular weight excluding hydrogens is 270 g/mol. The third-order valence-electron chi connectivity index (χ3n) is 2.05. The molecule has 0 radical (unpaired) electrons. The molecule has 1 N–H and O–H groups in total. The Morgan fingerprint density at radius 2 is 2.25 bits per heavy atom. The zero-order valence-corrected chi connectivity index (χ0v) is 10.7. The summed E-state index contributed by atoms with van der Waals surface area (Å²) < 4.78 is 2.65. The molecule has 6 heteroatoms. The van der Waals surface area contributed by atoms with Crippen LogP contribution in [0.3, 0.4) is 0 Å². The molecule has 2 aromatic rings. The SMILES string of the molecule is CCNc1ncc(C)c(-n2cc(Br)cn2)n1. The lowest BCUT2D eigenvalue weighted by atomic mass is 10.3. The van der Waals surface area contributed by atoms with Crippen molar-refractivity contribution in [3.63, 3.8) is 0 Å². The lowest BCUT2D eigenvalue weighted by Gasteiger charge is -2.07. The summed E-state index contributed by atoms with van der Waals surface area (Å²) >= 11 is 3.36. The molecule has 2 aromatic heterocycles. The van der Waals surface area contributed by atoms with Gasteiger partial charge in [-0.2, -0.15) is 10.1 Å². The maximum atomic E-state index is 4.40. The van der Waals surface area contributed by atoms with Crippen LogP contribution < -0.4 is 5.32 Å². The topological polar surface area (TPSA) is 55.6 Å². The van der Waals surface area contributed by atoms with Gasteiger partial charge >= 0.3 is 0 Å². The van der Waals surface area contributed by atoms with Crippen molar-refractivity contribution in [1.82, 2.24) is 19.7 Å². The second-order valence-electron chi connectivity index (χ2n) is 3.33. The van der Waals surface area contributed by atoms with Crippen LogP contribution in [0.15, 0.2) is 23.1 Å². The highest BCUT2D eigenvalue weighted by Gasteiger charge is 2.06. The molecular formula is C10H12BrN5. The fraction of sp³-hybridized carbons (Fsp3) is 0.300. The minimum atomic E-state index is 0.620. The van der Waals surface area contributed by atoms with Crippen LogP contribution in [-0.2, 0) is 0 Å². The highest BCUT2D eigenvalue weighted by molar-refractivity contribution is 9.10. The van der Waals surface area contributed by atoms with Crippen molar-refractivity contribution in [2.45, 2.75) is 13.8 Å². The molecule has 0 aromatic carbocycles. The first kappa shape index (κ1) is 11.1. The number of nitrogens with zero attached hydrogens (tertiary/aromatic N) is 4. The molecule has 5 nitrogen and oxygen atoms in total. The Bertz CT molecular complexity index is 494. The largest absolute Gasteiger partial charge is 0.354 e. The maximum Gasteiger partial charge on any atom is 0.224 e. The molecule has 0 bridgehead atoms. The Balaban J connectivity index is 2.42. The average molecular weight is 282 g/mol. The number of halogens is 1. The predicted octanol–water partition coefficient (Wildman–Crippen LogP) is 2.17. The summed E-state index contributed by atoms with van der Waals surface area (Å²) in [5.74, 6) is 1.41. The Labute approximate surface area is 102 Å². The van der Waals surface area contributed by atoms with Crippen molar-refractivity contribution in [3.05, 3.63) is 28.6 Å². The van der Waals surface area contributed by atoms with Crippen molar-refractivity contribution >= 4 is 21.9 Å². The van der Waals surface area contributed by atoms with E-state index in [1.807, 2.05) is 20.0 Å². The van der Waals surface area contributed by atoms with Crippen molar-refractivity contribution in [1.29, 1.82) is 0 Å². The Morgan fingerprint density at radius 3 is 2.88 bits per heavy atom. The number of hydrogen-bond donors (Lipinski definition) is 1. The van der Waals surface area contributed by atoms with E-state index in [4.69, 9.17) is 0 Å². The number of hydrogen-bond acceptors (Lipinski definition) is 4. The summed E-state index contributed by atoms with van der Waals surface area (Å²) in [6.07, 6.45) is 5.38. The Kier molecular flexibility index (Phi) is 3.19. The van der Waals surface area contributed by atoms with E-state index in [1.54, 1.807) is 17.1 Å². The van der Waals surface area contributed by atoms with E-state index in [0.29, 0.717) is 5.95 Å². The molecule has 0 amide bonds. The lowest BCUT2D eigenvalue weighted by Crippen LogP contribution is -2.07. The highest BCUT2D eigenvalue weighted by atomic mass is 79.9. The number of anilines is 1. The molecule has 84 valence electrons. The van der Waals surface area contributed by atoms with Gasteiger partial charge in [0.05, 0.1) is 10.7 Å². The van der Waals surface area contributed by atoms with Gasteiger partial charge in [0.2, 0.25) is 5.95 Å². The summed E-state index contributed by atoms with van der Waals surface area (Å²) in [6.45, 7) is 4.76. The third kappa shape index (κ3) is 2.21. The molecule has 0 spiro atoms. The van der Waals surface area contributed by atoms with Crippen LogP contribution in [0.2, 0.25) is 0 Å². The van der Waals surface area contributed by atoms with E-state index in [0.717, 1.165) is 22.4 Å². The van der Waals surface area contributed by atoms with E-state index in [-0.39, 0.29) is 0 Å². The minimum Gasteiger partial charge on any atom is -0.354 e. The van der Waals surface area contributed by atoms with E-state index in [2.05, 4.69) is 36.3 Å². The third-order valence-corrected chi connectivity index (χ3v) is 2.46. The summed E-state index contributed by atoms with van der Waals surface area (Å²) in [5.41, 5.74) is 0.984. The first-order valence-corrected chi connectivity index (χ1v) is 5.78. The van der Waals surface area contributed by atoms with Crippen molar-refractivity contribution in [3.8, 4) is 5.82 Å².